The van der Waals surface area contributed by atoms with E-state index in [0.29, 0.717) is 62.4 Å². The van der Waals surface area contributed by atoms with Crippen LogP contribution in [0.1, 0.15) is 208 Å². The summed E-state index contributed by atoms with van der Waals surface area (Å²) in [5, 5.41) is 0. The van der Waals surface area contributed by atoms with Crippen LogP contribution in [-0.4, -0.2) is 41.4 Å². The molecule has 0 saturated carbocycles. The SMILES string of the molecule is C#Cc1cc(C#Cc2cc(C#Cc3ccc(-c4ccc(C#Cc5cc(C#Cc6cc(C#C)cc(COCCCCCC)c6)cc(COCCCCCC)c5)c(-c5ccccn5)n4)nc3)cc(COCCCCCC)c2)cc(COCCCCCC)c1. The molecule has 0 saturated heterocycles. The first-order valence-electron chi connectivity index (χ1n) is 31.1. The lowest BCUT2D eigenvalue weighted by atomic mass is 10.0. The standard InChI is InChI=1S/C79H83N3O4/c1-7-13-17-23-41-83-58-71-47-62(11-5)45-65(51-71)30-32-68-49-67(53-73(54-68)60-85-43-25-19-15-9-3)29-28-64-35-38-76(81-57-64)77-39-37-75(79(82-77)78-27-21-22-40-80-78)36-34-70-50-69(55-74(56-70)61-86-44-26-20-16-10-4)33-31-66-46-63(12-6)48-72(52-66)59-84-42-24-18-14-8-2/h5-6,21-22,27,35,37-40,45-57H,7-10,13-20,23-26,41-44,58-61H2,1-4H3. The zero-order chi connectivity index (χ0) is 60.2. The van der Waals surface area contributed by atoms with Gasteiger partial charge in [-0.3, -0.25) is 9.97 Å². The maximum Gasteiger partial charge on any atom is 0.105 e. The van der Waals surface area contributed by atoms with Crippen molar-refractivity contribution in [3.05, 3.63) is 206 Å². The van der Waals surface area contributed by atoms with Crippen molar-refractivity contribution < 1.29 is 18.9 Å². The Bertz CT molecular complexity index is 3610. The minimum atomic E-state index is 0.453. The van der Waals surface area contributed by atoms with Crippen LogP contribution < -0.4 is 0 Å². The van der Waals surface area contributed by atoms with E-state index >= 15 is 0 Å². The molecule has 7 rings (SSSR count). The molecule has 3 heterocycles. The second kappa shape index (κ2) is 37.8. The normalized spacial score (nSPS) is 10.5. The van der Waals surface area contributed by atoms with E-state index in [1.54, 1.807) is 12.4 Å². The van der Waals surface area contributed by atoms with Gasteiger partial charge in [-0.05, 0) is 157 Å². The predicted molar refractivity (Wildman–Crippen MR) is 351 cm³/mol. The highest BCUT2D eigenvalue weighted by molar-refractivity contribution is 5.69. The molecule has 0 amide bonds. The molecule has 438 valence electrons. The average Bonchev–Trinajstić information content (AvgIpc) is 2.53. The largest absolute Gasteiger partial charge is 0.377 e. The molecule has 0 radical (unpaired) electrons. The fourth-order valence-electron chi connectivity index (χ4n) is 9.58. The van der Waals surface area contributed by atoms with Crippen molar-refractivity contribution in [2.75, 3.05) is 26.4 Å². The number of terminal acetylenes is 2. The number of ether oxygens (including phenoxy) is 4. The van der Waals surface area contributed by atoms with E-state index in [9.17, 15) is 0 Å². The first-order valence-corrected chi connectivity index (χ1v) is 31.1. The maximum absolute atomic E-state index is 6.19. The van der Waals surface area contributed by atoms with E-state index < -0.39 is 0 Å². The fraction of sp³-hybridized carbons (Fsp3) is 0.354. The van der Waals surface area contributed by atoms with Crippen LogP contribution in [0.2, 0.25) is 0 Å². The molecule has 7 aromatic rings. The van der Waals surface area contributed by atoms with Crippen molar-refractivity contribution in [3.63, 3.8) is 0 Å². The molecule has 0 aliphatic carbocycles. The molecule has 3 aromatic heterocycles. The van der Waals surface area contributed by atoms with Gasteiger partial charge in [0.2, 0.25) is 0 Å². The van der Waals surface area contributed by atoms with Crippen molar-refractivity contribution in [1.29, 1.82) is 0 Å². The lowest BCUT2D eigenvalue weighted by Gasteiger charge is -2.08. The predicted octanol–water partition coefficient (Wildman–Crippen LogP) is 17.2. The zero-order valence-corrected chi connectivity index (χ0v) is 51.2. The van der Waals surface area contributed by atoms with E-state index in [0.717, 1.165) is 130 Å². The summed E-state index contributed by atoms with van der Waals surface area (Å²) in [6.07, 6.45) is 33.7. The van der Waals surface area contributed by atoms with E-state index in [4.69, 9.17) is 46.7 Å². The Labute approximate surface area is 514 Å². The van der Waals surface area contributed by atoms with Crippen LogP contribution in [0.15, 0.2) is 128 Å². The summed E-state index contributed by atoms with van der Waals surface area (Å²) in [6, 6.07) is 38.0. The van der Waals surface area contributed by atoms with Gasteiger partial charge in [0.25, 0.3) is 0 Å². The molecule has 0 spiro atoms. The summed E-state index contributed by atoms with van der Waals surface area (Å²) >= 11 is 0. The molecule has 0 atom stereocenters. The van der Waals surface area contributed by atoms with Gasteiger partial charge in [0, 0.05) is 88.9 Å². The van der Waals surface area contributed by atoms with Gasteiger partial charge in [-0.25, -0.2) is 4.98 Å². The van der Waals surface area contributed by atoms with Crippen LogP contribution in [0.25, 0.3) is 22.8 Å². The lowest BCUT2D eigenvalue weighted by Crippen LogP contribution is -1.98. The highest BCUT2D eigenvalue weighted by Crippen LogP contribution is 2.25. The molecule has 4 aromatic carbocycles. The summed E-state index contributed by atoms with van der Waals surface area (Å²) in [6.45, 7) is 13.6. The molecule has 86 heavy (non-hydrogen) atoms. The second-order valence-corrected chi connectivity index (χ2v) is 21.7. The van der Waals surface area contributed by atoms with Gasteiger partial charge in [0.15, 0.2) is 0 Å². The van der Waals surface area contributed by atoms with E-state index in [-0.39, 0.29) is 0 Å². The van der Waals surface area contributed by atoms with Gasteiger partial charge in [0.1, 0.15) is 5.69 Å². The molecule has 0 aliphatic heterocycles. The number of hydrogen-bond acceptors (Lipinski definition) is 7. The van der Waals surface area contributed by atoms with Crippen molar-refractivity contribution in [2.24, 2.45) is 0 Å². The van der Waals surface area contributed by atoms with Gasteiger partial charge in [0.05, 0.1) is 49.1 Å². The number of pyridine rings is 3. The number of hydrogen-bond donors (Lipinski definition) is 0. The van der Waals surface area contributed by atoms with Crippen LogP contribution in [0.4, 0.5) is 0 Å². The smallest absolute Gasteiger partial charge is 0.105 e. The summed E-state index contributed by atoms with van der Waals surface area (Å²) in [5.41, 5.74) is 14.8. The topological polar surface area (TPSA) is 75.6 Å². The molecule has 0 unspecified atom stereocenters. The third kappa shape index (κ3) is 23.2. The Morgan fingerprint density at radius 1 is 0.337 bits per heavy atom. The van der Waals surface area contributed by atoms with Gasteiger partial charge < -0.3 is 18.9 Å². The highest BCUT2D eigenvalue weighted by Gasteiger charge is 2.12. The van der Waals surface area contributed by atoms with Crippen LogP contribution in [-0.2, 0) is 45.4 Å². The summed E-state index contributed by atoms with van der Waals surface area (Å²) in [4.78, 5) is 14.7. The number of nitrogens with zero attached hydrogens (tertiary/aromatic N) is 3. The summed E-state index contributed by atoms with van der Waals surface area (Å²) in [5.74, 6) is 32.8. The zero-order valence-electron chi connectivity index (χ0n) is 51.2. The molecule has 7 heteroatoms. The molecule has 0 N–H and O–H groups in total. The molecule has 0 bridgehead atoms. The van der Waals surface area contributed by atoms with Crippen LogP contribution >= 0.6 is 0 Å². The third-order valence-electron chi connectivity index (χ3n) is 14.2. The Kier molecular flexibility index (Phi) is 28.6. The number of benzene rings is 4. The van der Waals surface area contributed by atoms with Gasteiger partial charge in [-0.15, -0.1) is 12.8 Å². The minimum Gasteiger partial charge on any atom is -0.377 e. The van der Waals surface area contributed by atoms with Crippen molar-refractivity contribution in [3.8, 4) is 94.8 Å². The van der Waals surface area contributed by atoms with E-state index in [1.807, 2.05) is 78.9 Å². The minimum absolute atomic E-state index is 0.453. The first-order chi connectivity index (χ1) is 42.3. The van der Waals surface area contributed by atoms with Crippen molar-refractivity contribution in [1.82, 2.24) is 15.0 Å². The van der Waals surface area contributed by atoms with Crippen molar-refractivity contribution in [2.45, 2.75) is 157 Å². The Balaban J connectivity index is 1.13. The Hall–Kier alpha value is -8.47. The van der Waals surface area contributed by atoms with Gasteiger partial charge in [-0.1, -0.05) is 170 Å². The second-order valence-electron chi connectivity index (χ2n) is 21.7. The van der Waals surface area contributed by atoms with E-state index in [1.165, 1.54) is 64.2 Å². The first kappa shape index (κ1) is 65.1. The number of aromatic nitrogens is 3. The van der Waals surface area contributed by atoms with Crippen molar-refractivity contribution >= 4 is 0 Å². The van der Waals surface area contributed by atoms with Crippen LogP contribution in [0, 0.1) is 72.1 Å². The molecule has 0 fully saturated rings. The fourth-order valence-corrected chi connectivity index (χ4v) is 9.58. The quantitative estimate of drug-likeness (QED) is 0.0328. The molecular weight excluding hydrogens is 1050 g/mol. The lowest BCUT2D eigenvalue weighted by molar-refractivity contribution is 0.116. The highest BCUT2D eigenvalue weighted by atomic mass is 16.5. The average molecular weight is 1140 g/mol. The van der Waals surface area contributed by atoms with E-state index in [2.05, 4.69) is 123 Å². The number of rotatable bonds is 30. The summed E-state index contributed by atoms with van der Waals surface area (Å²) in [7, 11) is 0. The molecular formula is C79H83N3O4. The third-order valence-corrected chi connectivity index (χ3v) is 14.2. The van der Waals surface area contributed by atoms with Gasteiger partial charge in [-0.2, -0.15) is 0 Å². The Morgan fingerprint density at radius 3 is 1.07 bits per heavy atom. The monoisotopic (exact) mass is 1140 g/mol. The number of unbranched alkanes of at least 4 members (excludes halogenated alkanes) is 12. The van der Waals surface area contributed by atoms with Gasteiger partial charge >= 0.3 is 0 Å². The maximum atomic E-state index is 6.19. The molecule has 7 nitrogen and oxygen atoms in total. The molecule has 0 aliphatic rings. The van der Waals surface area contributed by atoms with Crippen LogP contribution in [0.3, 0.4) is 0 Å². The Morgan fingerprint density at radius 2 is 0.709 bits per heavy atom. The summed E-state index contributed by atoms with van der Waals surface area (Å²) < 4.78 is 24.4. The van der Waals surface area contributed by atoms with Crippen LogP contribution in [0.5, 0.6) is 0 Å².